The summed E-state index contributed by atoms with van der Waals surface area (Å²) in [7, 11) is 1.97. The molecule has 2 rings (SSSR count). The summed E-state index contributed by atoms with van der Waals surface area (Å²) in [4.78, 5) is 10.6. The summed E-state index contributed by atoms with van der Waals surface area (Å²) in [6.45, 7) is 2.01. The molecule has 4 heteroatoms. The molecule has 0 unspecified atom stereocenters. The van der Waals surface area contributed by atoms with E-state index in [4.69, 9.17) is 5.73 Å². The largest absolute Gasteiger partial charge is 0.384 e. The Balaban J connectivity index is 2.37. The van der Waals surface area contributed by atoms with E-state index in [2.05, 4.69) is 9.97 Å². The van der Waals surface area contributed by atoms with Crippen molar-refractivity contribution in [2.24, 2.45) is 0 Å². The fraction of sp³-hybridized carbons (Fsp3) is 0.231. The van der Waals surface area contributed by atoms with Crippen molar-refractivity contribution >= 4 is 17.3 Å². The van der Waals surface area contributed by atoms with Crippen LogP contribution in [0.2, 0.25) is 0 Å². The fourth-order valence-corrected chi connectivity index (χ4v) is 1.62. The zero-order valence-electron chi connectivity index (χ0n) is 10.1. The molecule has 1 aromatic carbocycles. The van der Waals surface area contributed by atoms with Crippen LogP contribution in [0.5, 0.6) is 0 Å². The van der Waals surface area contributed by atoms with Crippen LogP contribution in [0.25, 0.3) is 0 Å². The van der Waals surface area contributed by atoms with E-state index in [1.807, 2.05) is 49.2 Å². The molecule has 0 atom stereocenters. The van der Waals surface area contributed by atoms with Gasteiger partial charge in [0, 0.05) is 25.2 Å². The standard InChI is InChI=1S/C13H16N4/c1-3-12-15-11(14)9-13(16-12)17(2)10-7-5-4-6-8-10/h4-9H,3H2,1-2H3,(H2,14,15,16). The van der Waals surface area contributed by atoms with Crippen molar-refractivity contribution in [3.05, 3.63) is 42.2 Å². The first-order valence-electron chi connectivity index (χ1n) is 5.63. The Morgan fingerprint density at radius 2 is 1.88 bits per heavy atom. The normalized spacial score (nSPS) is 10.2. The molecular formula is C13H16N4. The van der Waals surface area contributed by atoms with E-state index in [0.29, 0.717) is 5.82 Å². The molecule has 1 heterocycles. The monoisotopic (exact) mass is 228 g/mol. The van der Waals surface area contributed by atoms with Crippen LogP contribution in [-0.4, -0.2) is 17.0 Å². The SMILES string of the molecule is CCc1nc(N)cc(N(C)c2ccccc2)n1. The Hall–Kier alpha value is -2.10. The number of aryl methyl sites for hydroxylation is 1. The van der Waals surface area contributed by atoms with Gasteiger partial charge in [-0.3, -0.25) is 0 Å². The van der Waals surface area contributed by atoms with Crippen molar-refractivity contribution < 1.29 is 0 Å². The lowest BCUT2D eigenvalue weighted by Gasteiger charge is -2.18. The Labute approximate surface area is 101 Å². The first-order chi connectivity index (χ1) is 8.20. The minimum atomic E-state index is 0.509. The highest BCUT2D eigenvalue weighted by Gasteiger charge is 2.07. The maximum Gasteiger partial charge on any atom is 0.138 e. The van der Waals surface area contributed by atoms with Gasteiger partial charge in [-0.15, -0.1) is 0 Å². The number of para-hydroxylation sites is 1. The van der Waals surface area contributed by atoms with Gasteiger partial charge in [0.2, 0.25) is 0 Å². The molecular weight excluding hydrogens is 212 g/mol. The predicted octanol–water partition coefficient (Wildman–Crippen LogP) is 2.39. The molecule has 0 saturated heterocycles. The molecule has 0 aliphatic carbocycles. The van der Waals surface area contributed by atoms with Crippen molar-refractivity contribution in [2.45, 2.75) is 13.3 Å². The fourth-order valence-electron chi connectivity index (χ4n) is 1.62. The lowest BCUT2D eigenvalue weighted by Crippen LogP contribution is -2.13. The van der Waals surface area contributed by atoms with E-state index in [9.17, 15) is 0 Å². The maximum atomic E-state index is 5.77. The molecule has 0 radical (unpaired) electrons. The van der Waals surface area contributed by atoms with Crippen LogP contribution in [0.15, 0.2) is 36.4 Å². The highest BCUT2D eigenvalue weighted by Crippen LogP contribution is 2.22. The van der Waals surface area contributed by atoms with Crippen LogP contribution < -0.4 is 10.6 Å². The third-order valence-corrected chi connectivity index (χ3v) is 2.58. The van der Waals surface area contributed by atoms with Crippen LogP contribution in [0.4, 0.5) is 17.3 Å². The van der Waals surface area contributed by atoms with E-state index in [-0.39, 0.29) is 0 Å². The number of nitrogen functional groups attached to an aromatic ring is 1. The van der Waals surface area contributed by atoms with Gasteiger partial charge < -0.3 is 10.6 Å². The summed E-state index contributed by atoms with van der Waals surface area (Å²) in [5, 5.41) is 0. The van der Waals surface area contributed by atoms with Crippen molar-refractivity contribution in [3.8, 4) is 0 Å². The van der Waals surface area contributed by atoms with Crippen molar-refractivity contribution in [3.63, 3.8) is 0 Å². The molecule has 0 aliphatic heterocycles. The van der Waals surface area contributed by atoms with Gasteiger partial charge in [0.25, 0.3) is 0 Å². The summed E-state index contributed by atoms with van der Waals surface area (Å²) in [6.07, 6.45) is 0.778. The van der Waals surface area contributed by atoms with Crippen LogP contribution in [0.3, 0.4) is 0 Å². The molecule has 1 aromatic heterocycles. The van der Waals surface area contributed by atoms with Gasteiger partial charge >= 0.3 is 0 Å². The molecule has 0 aliphatic rings. The van der Waals surface area contributed by atoms with Crippen molar-refractivity contribution in [1.82, 2.24) is 9.97 Å². The molecule has 0 saturated carbocycles. The second-order valence-corrected chi connectivity index (χ2v) is 3.82. The second-order valence-electron chi connectivity index (χ2n) is 3.82. The summed E-state index contributed by atoms with van der Waals surface area (Å²) in [5.41, 5.74) is 6.85. The first kappa shape index (κ1) is 11.4. The summed E-state index contributed by atoms with van der Waals surface area (Å²) >= 11 is 0. The Morgan fingerprint density at radius 1 is 1.18 bits per heavy atom. The second kappa shape index (κ2) is 4.82. The number of hydrogen-bond acceptors (Lipinski definition) is 4. The Bertz CT molecular complexity index is 496. The van der Waals surface area contributed by atoms with E-state index in [1.54, 1.807) is 6.07 Å². The van der Waals surface area contributed by atoms with E-state index in [1.165, 1.54) is 0 Å². The first-order valence-corrected chi connectivity index (χ1v) is 5.63. The summed E-state index contributed by atoms with van der Waals surface area (Å²) < 4.78 is 0. The van der Waals surface area contributed by atoms with Crippen LogP contribution in [-0.2, 0) is 6.42 Å². The van der Waals surface area contributed by atoms with Crippen molar-refractivity contribution in [1.29, 1.82) is 0 Å². The van der Waals surface area contributed by atoms with Gasteiger partial charge in [0.15, 0.2) is 0 Å². The van der Waals surface area contributed by atoms with Gasteiger partial charge in [-0.25, -0.2) is 9.97 Å². The topological polar surface area (TPSA) is 55.0 Å². The van der Waals surface area contributed by atoms with Crippen molar-refractivity contribution in [2.75, 3.05) is 17.7 Å². The number of nitrogens with two attached hydrogens (primary N) is 1. The van der Waals surface area contributed by atoms with E-state index < -0.39 is 0 Å². The van der Waals surface area contributed by atoms with E-state index >= 15 is 0 Å². The number of hydrogen-bond donors (Lipinski definition) is 1. The van der Waals surface area contributed by atoms with Gasteiger partial charge in [-0.2, -0.15) is 0 Å². The molecule has 17 heavy (non-hydrogen) atoms. The average Bonchev–Trinajstić information content (AvgIpc) is 2.38. The molecule has 0 bridgehead atoms. The van der Waals surface area contributed by atoms with Crippen LogP contribution in [0, 0.1) is 0 Å². The zero-order chi connectivity index (χ0) is 12.3. The minimum absolute atomic E-state index is 0.509. The minimum Gasteiger partial charge on any atom is -0.384 e. The molecule has 2 N–H and O–H groups in total. The number of rotatable bonds is 3. The third-order valence-electron chi connectivity index (χ3n) is 2.58. The maximum absolute atomic E-state index is 5.77. The molecule has 0 amide bonds. The third kappa shape index (κ3) is 2.53. The smallest absolute Gasteiger partial charge is 0.138 e. The molecule has 2 aromatic rings. The number of aromatic nitrogens is 2. The Kier molecular flexibility index (Phi) is 3.23. The average molecular weight is 228 g/mol. The molecule has 0 fully saturated rings. The quantitative estimate of drug-likeness (QED) is 0.876. The molecule has 4 nitrogen and oxygen atoms in total. The predicted molar refractivity (Wildman–Crippen MR) is 70.3 cm³/mol. The zero-order valence-corrected chi connectivity index (χ0v) is 10.1. The number of benzene rings is 1. The number of anilines is 3. The van der Waals surface area contributed by atoms with Gasteiger partial charge in [0.1, 0.15) is 17.5 Å². The van der Waals surface area contributed by atoms with Gasteiger partial charge in [-0.05, 0) is 12.1 Å². The summed E-state index contributed by atoms with van der Waals surface area (Å²) in [6, 6.07) is 11.8. The van der Waals surface area contributed by atoms with Crippen LogP contribution >= 0.6 is 0 Å². The Morgan fingerprint density at radius 3 is 2.53 bits per heavy atom. The van der Waals surface area contributed by atoms with E-state index in [0.717, 1.165) is 23.8 Å². The lowest BCUT2D eigenvalue weighted by atomic mass is 10.3. The van der Waals surface area contributed by atoms with Gasteiger partial charge in [0.05, 0.1) is 0 Å². The molecule has 0 spiro atoms. The highest BCUT2D eigenvalue weighted by atomic mass is 15.2. The van der Waals surface area contributed by atoms with Gasteiger partial charge in [-0.1, -0.05) is 25.1 Å². The number of nitrogens with zero attached hydrogens (tertiary/aromatic N) is 3. The highest BCUT2D eigenvalue weighted by molar-refractivity contribution is 5.60. The lowest BCUT2D eigenvalue weighted by molar-refractivity contribution is 0.931. The summed E-state index contributed by atoms with van der Waals surface area (Å²) in [5.74, 6) is 2.10. The molecule has 88 valence electrons. The van der Waals surface area contributed by atoms with Crippen LogP contribution in [0.1, 0.15) is 12.7 Å².